The van der Waals surface area contributed by atoms with E-state index in [9.17, 15) is 9.59 Å². The molecule has 0 aliphatic heterocycles. The molecule has 0 aromatic carbocycles. The molecule has 0 spiro atoms. The van der Waals surface area contributed by atoms with Crippen LogP contribution in [0.2, 0.25) is 0 Å². The van der Waals surface area contributed by atoms with Gasteiger partial charge < -0.3 is 10.0 Å². The van der Waals surface area contributed by atoms with Gasteiger partial charge in [-0.1, -0.05) is 13.8 Å². The third-order valence-corrected chi connectivity index (χ3v) is 3.49. The van der Waals surface area contributed by atoms with Gasteiger partial charge in [-0.2, -0.15) is 0 Å². The smallest absolute Gasteiger partial charge is 0.328 e. The molecule has 5 heteroatoms. The number of carbonyl (C=O) groups excluding carboxylic acids is 1. The number of hydrogen-bond acceptors (Lipinski definition) is 3. The van der Waals surface area contributed by atoms with Crippen LogP contribution in [0.15, 0.2) is 17.5 Å². The second-order valence-electron chi connectivity index (χ2n) is 4.17. The van der Waals surface area contributed by atoms with Crippen LogP contribution in [0.25, 0.3) is 6.08 Å². The van der Waals surface area contributed by atoms with E-state index < -0.39 is 5.97 Å². The fourth-order valence-corrected chi connectivity index (χ4v) is 2.64. The molecule has 1 amide bonds. The first-order valence-electron chi connectivity index (χ1n) is 6.37. The fraction of sp³-hybridized carbons (Fsp3) is 0.429. The number of rotatable bonds is 7. The summed E-state index contributed by atoms with van der Waals surface area (Å²) in [5, 5.41) is 10.5. The zero-order valence-corrected chi connectivity index (χ0v) is 12.1. The summed E-state index contributed by atoms with van der Waals surface area (Å²) < 4.78 is 0. The van der Waals surface area contributed by atoms with Gasteiger partial charge in [0.25, 0.3) is 5.91 Å². The average Bonchev–Trinajstić information content (AvgIpc) is 2.83. The van der Waals surface area contributed by atoms with Crippen molar-refractivity contribution in [3.63, 3.8) is 0 Å². The Morgan fingerprint density at radius 3 is 2.47 bits per heavy atom. The molecular formula is C14H19NO3S. The van der Waals surface area contributed by atoms with Crippen LogP contribution in [0.3, 0.4) is 0 Å². The second-order valence-corrected chi connectivity index (χ2v) is 5.08. The number of thiophene rings is 1. The zero-order valence-electron chi connectivity index (χ0n) is 11.3. The summed E-state index contributed by atoms with van der Waals surface area (Å²) in [7, 11) is 0. The summed E-state index contributed by atoms with van der Waals surface area (Å²) in [4.78, 5) is 25.4. The highest BCUT2D eigenvalue weighted by Crippen LogP contribution is 2.20. The molecule has 0 aliphatic carbocycles. The van der Waals surface area contributed by atoms with E-state index in [0.29, 0.717) is 10.4 Å². The number of amides is 1. The van der Waals surface area contributed by atoms with Gasteiger partial charge in [-0.25, -0.2) is 4.79 Å². The van der Waals surface area contributed by atoms with Gasteiger partial charge >= 0.3 is 5.97 Å². The lowest BCUT2D eigenvalue weighted by Gasteiger charge is -2.21. The van der Waals surface area contributed by atoms with Crippen molar-refractivity contribution in [2.45, 2.75) is 26.7 Å². The standard InChI is InChI=1S/C14H19NO3S/c1-3-8-15(9-4-2)14(18)13-11(7-10-19-13)5-6-12(16)17/h5-7,10H,3-4,8-9H2,1-2H3,(H,16,17)/b6-5+. The molecule has 0 fully saturated rings. The van der Waals surface area contributed by atoms with Crippen molar-refractivity contribution in [2.24, 2.45) is 0 Å². The maximum absolute atomic E-state index is 12.4. The highest BCUT2D eigenvalue weighted by Gasteiger charge is 2.18. The number of carboxylic acid groups (broad SMARTS) is 1. The number of nitrogens with zero attached hydrogens (tertiary/aromatic N) is 1. The van der Waals surface area contributed by atoms with E-state index in [2.05, 4.69) is 0 Å². The topological polar surface area (TPSA) is 57.6 Å². The molecule has 0 atom stereocenters. The van der Waals surface area contributed by atoms with E-state index in [4.69, 9.17) is 5.11 Å². The van der Waals surface area contributed by atoms with Gasteiger partial charge in [0.1, 0.15) is 0 Å². The highest BCUT2D eigenvalue weighted by molar-refractivity contribution is 7.12. The van der Waals surface area contributed by atoms with Crippen LogP contribution in [0.1, 0.15) is 41.9 Å². The van der Waals surface area contributed by atoms with E-state index >= 15 is 0 Å². The molecular weight excluding hydrogens is 262 g/mol. The molecule has 1 heterocycles. The summed E-state index contributed by atoms with van der Waals surface area (Å²) in [6, 6.07) is 1.77. The highest BCUT2D eigenvalue weighted by atomic mass is 32.1. The molecule has 0 aliphatic rings. The summed E-state index contributed by atoms with van der Waals surface area (Å²) in [5.41, 5.74) is 0.676. The Labute approximate surface area is 117 Å². The molecule has 19 heavy (non-hydrogen) atoms. The molecule has 0 unspecified atom stereocenters. The second kappa shape index (κ2) is 7.74. The van der Waals surface area contributed by atoms with Gasteiger partial charge in [0, 0.05) is 19.2 Å². The summed E-state index contributed by atoms with van der Waals surface area (Å²) in [5.74, 6) is -1.02. The van der Waals surface area contributed by atoms with Crippen molar-refractivity contribution in [1.82, 2.24) is 4.90 Å². The molecule has 0 saturated carbocycles. The summed E-state index contributed by atoms with van der Waals surface area (Å²) in [6.07, 6.45) is 4.36. The number of aliphatic carboxylic acids is 1. The largest absolute Gasteiger partial charge is 0.478 e. The first-order chi connectivity index (χ1) is 9.10. The zero-order chi connectivity index (χ0) is 14.3. The number of hydrogen-bond donors (Lipinski definition) is 1. The first-order valence-corrected chi connectivity index (χ1v) is 7.25. The minimum atomic E-state index is -1.01. The average molecular weight is 281 g/mol. The van der Waals surface area contributed by atoms with Crippen LogP contribution in [-0.2, 0) is 4.79 Å². The van der Waals surface area contributed by atoms with Gasteiger partial charge in [0.05, 0.1) is 4.88 Å². The fourth-order valence-electron chi connectivity index (χ4n) is 1.78. The quantitative estimate of drug-likeness (QED) is 0.781. The van der Waals surface area contributed by atoms with Gasteiger partial charge in [0.15, 0.2) is 0 Å². The van der Waals surface area contributed by atoms with Crippen molar-refractivity contribution >= 4 is 29.3 Å². The van der Waals surface area contributed by atoms with Gasteiger partial charge in [-0.05, 0) is 35.9 Å². The normalized spacial score (nSPS) is 10.8. The summed E-state index contributed by atoms with van der Waals surface area (Å²) >= 11 is 1.35. The monoisotopic (exact) mass is 281 g/mol. The van der Waals surface area contributed by atoms with E-state index in [0.717, 1.165) is 32.0 Å². The molecule has 0 bridgehead atoms. The molecule has 4 nitrogen and oxygen atoms in total. The Morgan fingerprint density at radius 1 is 1.32 bits per heavy atom. The SMILES string of the molecule is CCCN(CCC)C(=O)c1sccc1/C=C/C(=O)O. The maximum atomic E-state index is 12.4. The third kappa shape index (κ3) is 4.52. The van der Waals surface area contributed by atoms with Crippen LogP contribution in [0, 0.1) is 0 Å². The molecule has 1 rings (SSSR count). The molecule has 1 aromatic rings. The minimum absolute atomic E-state index is 0.0104. The Morgan fingerprint density at radius 2 is 1.95 bits per heavy atom. The predicted molar refractivity (Wildman–Crippen MR) is 77.5 cm³/mol. The predicted octanol–water partition coefficient (Wildman–Crippen LogP) is 3.11. The Kier molecular flexibility index (Phi) is 6.29. The Hall–Kier alpha value is -1.62. The van der Waals surface area contributed by atoms with E-state index in [1.54, 1.807) is 6.07 Å². The molecule has 1 N–H and O–H groups in total. The Bertz CT molecular complexity index is 459. The van der Waals surface area contributed by atoms with Crippen molar-refractivity contribution < 1.29 is 14.7 Å². The van der Waals surface area contributed by atoms with E-state index in [1.807, 2.05) is 24.1 Å². The van der Waals surface area contributed by atoms with Crippen molar-refractivity contribution in [1.29, 1.82) is 0 Å². The molecule has 0 saturated heterocycles. The number of carbonyl (C=O) groups is 2. The molecule has 104 valence electrons. The van der Waals surface area contributed by atoms with E-state index in [1.165, 1.54) is 17.4 Å². The minimum Gasteiger partial charge on any atom is -0.478 e. The van der Waals surface area contributed by atoms with Crippen LogP contribution in [-0.4, -0.2) is 35.0 Å². The maximum Gasteiger partial charge on any atom is 0.328 e. The Balaban J connectivity index is 2.92. The lowest BCUT2D eigenvalue weighted by Crippen LogP contribution is -2.32. The van der Waals surface area contributed by atoms with Crippen LogP contribution in [0.5, 0.6) is 0 Å². The van der Waals surface area contributed by atoms with Gasteiger partial charge in [-0.3, -0.25) is 4.79 Å². The third-order valence-electron chi connectivity index (χ3n) is 2.57. The van der Waals surface area contributed by atoms with E-state index in [-0.39, 0.29) is 5.91 Å². The lowest BCUT2D eigenvalue weighted by atomic mass is 10.2. The van der Waals surface area contributed by atoms with Crippen LogP contribution >= 0.6 is 11.3 Å². The van der Waals surface area contributed by atoms with Crippen LogP contribution in [0.4, 0.5) is 0 Å². The van der Waals surface area contributed by atoms with Crippen LogP contribution < -0.4 is 0 Å². The first kappa shape index (κ1) is 15.4. The van der Waals surface area contributed by atoms with Gasteiger partial charge in [-0.15, -0.1) is 11.3 Å². The van der Waals surface area contributed by atoms with Crippen molar-refractivity contribution in [2.75, 3.05) is 13.1 Å². The summed E-state index contributed by atoms with van der Waals surface area (Å²) in [6.45, 7) is 5.53. The van der Waals surface area contributed by atoms with Crippen molar-refractivity contribution in [3.8, 4) is 0 Å². The number of carboxylic acids is 1. The molecule has 1 aromatic heterocycles. The van der Waals surface area contributed by atoms with Crippen molar-refractivity contribution in [3.05, 3.63) is 28.0 Å². The molecule has 0 radical (unpaired) electrons. The lowest BCUT2D eigenvalue weighted by molar-refractivity contribution is -0.131. The van der Waals surface area contributed by atoms with Gasteiger partial charge in [0.2, 0.25) is 0 Å².